The molecule has 9 heteroatoms. The van der Waals surface area contributed by atoms with Gasteiger partial charge in [-0.1, -0.05) is 18.2 Å². The normalized spacial score (nSPS) is 13.4. The highest BCUT2D eigenvalue weighted by molar-refractivity contribution is 5.95. The van der Waals surface area contributed by atoms with E-state index in [9.17, 15) is 14.9 Å². The van der Waals surface area contributed by atoms with E-state index in [1.54, 1.807) is 18.0 Å². The quantitative estimate of drug-likeness (QED) is 0.461. The molecule has 0 unspecified atom stereocenters. The van der Waals surface area contributed by atoms with Gasteiger partial charge < -0.3 is 9.80 Å². The van der Waals surface area contributed by atoms with Crippen molar-refractivity contribution in [1.29, 1.82) is 0 Å². The lowest BCUT2D eigenvalue weighted by Crippen LogP contribution is -2.28. The molecule has 1 aromatic heterocycles. The largest absolute Gasteiger partial charge is 0.371 e. The van der Waals surface area contributed by atoms with Gasteiger partial charge in [-0.25, -0.2) is 9.67 Å². The second-order valence-electron chi connectivity index (χ2n) is 7.28. The van der Waals surface area contributed by atoms with Crippen LogP contribution >= 0.6 is 0 Å². The molecule has 1 aliphatic rings. The summed E-state index contributed by atoms with van der Waals surface area (Å²) in [5, 5.41) is 15.5. The van der Waals surface area contributed by atoms with Gasteiger partial charge in [-0.3, -0.25) is 14.9 Å². The molecule has 0 radical (unpaired) electrons. The van der Waals surface area contributed by atoms with Crippen molar-refractivity contribution < 1.29 is 9.72 Å². The van der Waals surface area contributed by atoms with Crippen LogP contribution in [0.5, 0.6) is 0 Å². The van der Waals surface area contributed by atoms with Crippen molar-refractivity contribution in [3.05, 3.63) is 76.4 Å². The maximum absolute atomic E-state index is 13.0. The smallest absolute Gasteiger partial charge is 0.295 e. The van der Waals surface area contributed by atoms with E-state index in [2.05, 4.69) is 21.0 Å². The van der Waals surface area contributed by atoms with Gasteiger partial charge in [0.15, 0.2) is 0 Å². The third kappa shape index (κ3) is 3.86. The second-order valence-corrected chi connectivity index (χ2v) is 7.28. The highest BCUT2D eigenvalue weighted by atomic mass is 16.6. The van der Waals surface area contributed by atoms with Gasteiger partial charge >= 0.3 is 0 Å². The van der Waals surface area contributed by atoms with Gasteiger partial charge in [0.05, 0.1) is 4.92 Å². The second kappa shape index (κ2) is 8.32. The zero-order chi connectivity index (χ0) is 21.1. The van der Waals surface area contributed by atoms with Crippen molar-refractivity contribution in [3.63, 3.8) is 0 Å². The first-order chi connectivity index (χ1) is 14.5. The molecule has 2 aromatic carbocycles. The van der Waals surface area contributed by atoms with Crippen LogP contribution in [0.1, 0.15) is 28.8 Å². The summed E-state index contributed by atoms with van der Waals surface area (Å²) in [5.41, 5.74) is 2.52. The van der Waals surface area contributed by atoms with E-state index in [1.165, 1.54) is 42.3 Å². The minimum absolute atomic E-state index is 0.197. The minimum Gasteiger partial charge on any atom is -0.371 e. The third-order valence-corrected chi connectivity index (χ3v) is 5.28. The molecule has 0 N–H and O–H groups in total. The number of rotatable bonds is 6. The number of aromatic nitrogens is 3. The number of nitro benzene ring substituents is 1. The first kappa shape index (κ1) is 19.6. The van der Waals surface area contributed by atoms with E-state index >= 15 is 0 Å². The van der Waals surface area contributed by atoms with Crippen LogP contribution in [0, 0.1) is 10.1 Å². The molecule has 1 amide bonds. The zero-order valence-corrected chi connectivity index (χ0v) is 16.6. The Bertz CT molecular complexity index is 1060. The number of nitro groups is 1. The Morgan fingerprint density at radius 2 is 1.93 bits per heavy atom. The van der Waals surface area contributed by atoms with E-state index in [4.69, 9.17) is 0 Å². The molecule has 0 saturated carbocycles. The van der Waals surface area contributed by atoms with Gasteiger partial charge in [0.2, 0.25) is 0 Å². The fraction of sp³-hybridized carbons (Fsp3) is 0.286. The molecule has 0 aliphatic carbocycles. The Morgan fingerprint density at radius 1 is 1.17 bits per heavy atom. The number of carbonyl (C=O) groups excluding carboxylic acids is 1. The number of carbonyl (C=O) groups is 1. The van der Waals surface area contributed by atoms with Crippen LogP contribution in [0.2, 0.25) is 0 Å². The molecule has 154 valence electrons. The zero-order valence-electron chi connectivity index (χ0n) is 16.6. The summed E-state index contributed by atoms with van der Waals surface area (Å²) in [6.45, 7) is 2.46. The van der Waals surface area contributed by atoms with Crippen molar-refractivity contribution in [2.75, 3.05) is 25.0 Å². The molecule has 1 saturated heterocycles. The van der Waals surface area contributed by atoms with Crippen LogP contribution in [0.4, 0.5) is 11.4 Å². The Labute approximate surface area is 173 Å². The average Bonchev–Trinajstić information content (AvgIpc) is 3.47. The Kier molecular flexibility index (Phi) is 5.42. The number of para-hydroxylation sites is 1. The molecule has 1 fully saturated rings. The Balaban J connectivity index is 1.58. The average molecular weight is 406 g/mol. The Morgan fingerprint density at radius 3 is 2.63 bits per heavy atom. The minimum atomic E-state index is -0.517. The molecular formula is C21H22N6O3. The van der Waals surface area contributed by atoms with Gasteiger partial charge in [0, 0.05) is 44.0 Å². The summed E-state index contributed by atoms with van der Waals surface area (Å²) in [4.78, 5) is 31.8. The number of hydrogen-bond donors (Lipinski definition) is 0. The number of benzene rings is 2. The lowest BCUT2D eigenvalue weighted by Gasteiger charge is -2.24. The lowest BCUT2D eigenvalue weighted by atomic mass is 10.1. The number of amides is 1. The molecule has 1 aliphatic heterocycles. The molecule has 0 bridgehead atoms. The van der Waals surface area contributed by atoms with Gasteiger partial charge in [-0.2, -0.15) is 5.10 Å². The standard InChI is InChI=1S/C21H22N6O3/c1-24(13-17-6-2-3-7-18(17)25-10-4-5-11-25)21(28)16-8-9-19(20(12-16)27(29)30)26-15-22-14-23-26/h2-3,6-9,12,14-15H,4-5,10-11,13H2,1H3. The topological polar surface area (TPSA) is 97.4 Å². The summed E-state index contributed by atoms with van der Waals surface area (Å²) in [6, 6.07) is 12.5. The maximum atomic E-state index is 13.0. The van der Waals surface area contributed by atoms with Crippen molar-refractivity contribution in [1.82, 2.24) is 19.7 Å². The van der Waals surface area contributed by atoms with Crippen molar-refractivity contribution >= 4 is 17.3 Å². The lowest BCUT2D eigenvalue weighted by molar-refractivity contribution is -0.384. The molecule has 0 atom stereocenters. The fourth-order valence-electron chi connectivity index (χ4n) is 3.79. The van der Waals surface area contributed by atoms with E-state index in [0.29, 0.717) is 6.54 Å². The van der Waals surface area contributed by atoms with E-state index in [-0.39, 0.29) is 22.8 Å². The summed E-state index contributed by atoms with van der Waals surface area (Å²) >= 11 is 0. The first-order valence-corrected chi connectivity index (χ1v) is 9.76. The molecule has 30 heavy (non-hydrogen) atoms. The summed E-state index contributed by atoms with van der Waals surface area (Å²) in [6.07, 6.45) is 5.02. The van der Waals surface area contributed by atoms with Crippen LogP contribution in [0.3, 0.4) is 0 Å². The van der Waals surface area contributed by atoms with Gasteiger partial charge in [-0.05, 0) is 36.6 Å². The molecule has 3 aromatic rings. The predicted molar refractivity (Wildman–Crippen MR) is 112 cm³/mol. The monoisotopic (exact) mass is 406 g/mol. The van der Waals surface area contributed by atoms with Gasteiger partial charge in [0.25, 0.3) is 11.6 Å². The molecular weight excluding hydrogens is 384 g/mol. The van der Waals surface area contributed by atoms with E-state index in [0.717, 1.165) is 24.3 Å². The van der Waals surface area contributed by atoms with Crippen LogP contribution in [-0.2, 0) is 6.54 Å². The van der Waals surface area contributed by atoms with Gasteiger partial charge in [0.1, 0.15) is 18.3 Å². The Hall–Kier alpha value is -3.75. The van der Waals surface area contributed by atoms with E-state index < -0.39 is 4.92 Å². The maximum Gasteiger partial charge on any atom is 0.295 e. The summed E-state index contributed by atoms with van der Waals surface area (Å²) < 4.78 is 1.31. The highest BCUT2D eigenvalue weighted by Crippen LogP contribution is 2.27. The van der Waals surface area contributed by atoms with E-state index in [1.807, 2.05) is 18.2 Å². The number of hydrogen-bond acceptors (Lipinski definition) is 6. The summed E-state index contributed by atoms with van der Waals surface area (Å²) in [5.74, 6) is -0.278. The molecule has 0 spiro atoms. The van der Waals surface area contributed by atoms with Crippen molar-refractivity contribution in [2.24, 2.45) is 0 Å². The number of anilines is 1. The molecule has 9 nitrogen and oxygen atoms in total. The van der Waals surface area contributed by atoms with Crippen molar-refractivity contribution in [2.45, 2.75) is 19.4 Å². The predicted octanol–water partition coefficient (Wildman–Crippen LogP) is 3.05. The first-order valence-electron chi connectivity index (χ1n) is 9.76. The van der Waals surface area contributed by atoms with Crippen LogP contribution < -0.4 is 4.90 Å². The highest BCUT2D eigenvalue weighted by Gasteiger charge is 2.22. The third-order valence-electron chi connectivity index (χ3n) is 5.28. The SMILES string of the molecule is CN(Cc1ccccc1N1CCCC1)C(=O)c1ccc(-n2cncn2)c([N+](=O)[O-])c1. The van der Waals surface area contributed by atoms with Crippen molar-refractivity contribution in [3.8, 4) is 5.69 Å². The molecule has 4 rings (SSSR count). The molecule has 2 heterocycles. The van der Waals surface area contributed by atoms with Crippen LogP contribution in [-0.4, -0.2) is 50.6 Å². The van der Waals surface area contributed by atoms with Gasteiger partial charge in [-0.15, -0.1) is 0 Å². The number of nitrogens with zero attached hydrogens (tertiary/aromatic N) is 6. The summed E-state index contributed by atoms with van der Waals surface area (Å²) in [7, 11) is 1.71. The fourth-order valence-corrected chi connectivity index (χ4v) is 3.79. The van der Waals surface area contributed by atoms with Crippen LogP contribution in [0.15, 0.2) is 55.1 Å². The van der Waals surface area contributed by atoms with Crippen LogP contribution in [0.25, 0.3) is 5.69 Å².